The second-order valence-corrected chi connectivity index (χ2v) is 2.88. The third-order valence-corrected chi connectivity index (χ3v) is 2.15. The zero-order valence-electron chi connectivity index (χ0n) is 7.10. The highest BCUT2D eigenvalue weighted by Gasteiger charge is 2.04. The Morgan fingerprint density at radius 1 is 1.18 bits per heavy atom. The van der Waals surface area contributed by atoms with Gasteiger partial charge in [-0.2, -0.15) is 0 Å². The van der Waals surface area contributed by atoms with Crippen molar-refractivity contribution in [2.24, 2.45) is 0 Å². The average molecular weight is 146 g/mol. The molecule has 11 heavy (non-hydrogen) atoms. The summed E-state index contributed by atoms with van der Waals surface area (Å²) < 4.78 is 0. The summed E-state index contributed by atoms with van der Waals surface area (Å²) in [6.45, 7) is 5.83. The van der Waals surface area contributed by atoms with Crippen LogP contribution in [-0.2, 0) is 0 Å². The fourth-order valence-electron chi connectivity index (χ4n) is 1.10. The second-order valence-electron chi connectivity index (χ2n) is 2.88. The Morgan fingerprint density at radius 3 is 2.27 bits per heavy atom. The van der Waals surface area contributed by atoms with Gasteiger partial charge in [-0.05, 0) is 37.5 Å². The molecule has 0 heterocycles. The van der Waals surface area contributed by atoms with Crippen LogP contribution in [0.5, 0.6) is 5.75 Å². The molecule has 0 aromatic heterocycles. The summed E-state index contributed by atoms with van der Waals surface area (Å²) in [5.74, 6) is 0.216. The molecule has 1 rings (SSSR count). The first kappa shape index (κ1) is 8.18. The van der Waals surface area contributed by atoms with Crippen LogP contribution in [0.1, 0.15) is 16.7 Å². The number of rotatable bonds is 0. The van der Waals surface area contributed by atoms with Gasteiger partial charge in [-0.15, -0.1) is 0 Å². The fourth-order valence-corrected chi connectivity index (χ4v) is 1.10. The minimum absolute atomic E-state index is 0.216. The molecule has 2 heteroatoms. The molecule has 56 valence electrons. The Morgan fingerprint density at radius 2 is 1.73 bits per heavy atom. The van der Waals surface area contributed by atoms with Crippen molar-refractivity contribution >= 4 is 13.3 Å². The standard InChI is InChI=1S/C9H11BO/c1-5-4-8(10)9(11)7(3)6(5)2/h4,11H,1-3H3. The topological polar surface area (TPSA) is 20.2 Å². The van der Waals surface area contributed by atoms with Crippen LogP contribution in [0.3, 0.4) is 0 Å². The normalized spacial score (nSPS) is 10.1. The monoisotopic (exact) mass is 146 g/mol. The molecule has 0 aliphatic carbocycles. The van der Waals surface area contributed by atoms with Gasteiger partial charge < -0.3 is 5.11 Å². The third kappa shape index (κ3) is 1.25. The molecule has 0 aliphatic heterocycles. The molecule has 2 radical (unpaired) electrons. The van der Waals surface area contributed by atoms with E-state index in [0.717, 1.165) is 16.7 Å². The molecule has 0 fully saturated rings. The Kier molecular flexibility index (Phi) is 1.94. The van der Waals surface area contributed by atoms with E-state index < -0.39 is 0 Å². The molecule has 0 unspecified atom stereocenters. The summed E-state index contributed by atoms with van der Waals surface area (Å²) in [4.78, 5) is 0. The zero-order valence-corrected chi connectivity index (χ0v) is 7.10. The molecular weight excluding hydrogens is 135 g/mol. The van der Waals surface area contributed by atoms with Crippen molar-refractivity contribution < 1.29 is 5.11 Å². The highest BCUT2D eigenvalue weighted by molar-refractivity contribution is 6.34. The Labute approximate surface area is 68.5 Å². The molecular formula is C9H11BO. The van der Waals surface area contributed by atoms with Crippen LogP contribution in [0.4, 0.5) is 0 Å². The van der Waals surface area contributed by atoms with E-state index in [-0.39, 0.29) is 5.75 Å². The molecule has 1 N–H and O–H groups in total. The van der Waals surface area contributed by atoms with Crippen LogP contribution in [0.25, 0.3) is 0 Å². The predicted molar refractivity (Wildman–Crippen MR) is 47.7 cm³/mol. The highest BCUT2D eigenvalue weighted by atomic mass is 16.3. The molecule has 0 saturated carbocycles. The summed E-state index contributed by atoms with van der Waals surface area (Å²) in [6.07, 6.45) is 0. The van der Waals surface area contributed by atoms with Gasteiger partial charge in [-0.25, -0.2) is 0 Å². The van der Waals surface area contributed by atoms with Crippen LogP contribution < -0.4 is 5.46 Å². The van der Waals surface area contributed by atoms with Gasteiger partial charge in [0.05, 0.1) is 0 Å². The van der Waals surface area contributed by atoms with Crippen molar-refractivity contribution in [3.05, 3.63) is 22.8 Å². The summed E-state index contributed by atoms with van der Waals surface area (Å²) in [5, 5.41) is 9.39. The molecule has 0 bridgehead atoms. The first-order chi connectivity index (χ1) is 5.04. The molecule has 1 nitrogen and oxygen atoms in total. The van der Waals surface area contributed by atoms with Crippen molar-refractivity contribution in [3.8, 4) is 5.75 Å². The van der Waals surface area contributed by atoms with Crippen molar-refractivity contribution in [2.75, 3.05) is 0 Å². The highest BCUT2D eigenvalue weighted by Crippen LogP contribution is 2.19. The van der Waals surface area contributed by atoms with Crippen LogP contribution in [0.15, 0.2) is 6.07 Å². The van der Waals surface area contributed by atoms with E-state index in [1.807, 2.05) is 20.8 Å². The Hall–Kier alpha value is -0.915. The van der Waals surface area contributed by atoms with Gasteiger partial charge in [-0.1, -0.05) is 11.5 Å². The number of benzene rings is 1. The first-order valence-electron chi connectivity index (χ1n) is 3.59. The van der Waals surface area contributed by atoms with Crippen molar-refractivity contribution in [1.29, 1.82) is 0 Å². The number of aromatic hydroxyl groups is 1. The maximum Gasteiger partial charge on any atom is 0.119 e. The molecule has 0 aliphatic rings. The second kappa shape index (κ2) is 2.61. The molecule has 0 spiro atoms. The van der Waals surface area contributed by atoms with E-state index >= 15 is 0 Å². The van der Waals surface area contributed by atoms with E-state index in [1.165, 1.54) is 0 Å². The summed E-state index contributed by atoms with van der Waals surface area (Å²) in [7, 11) is 5.54. The minimum atomic E-state index is 0.216. The number of phenols is 1. The smallest absolute Gasteiger partial charge is 0.119 e. The van der Waals surface area contributed by atoms with Gasteiger partial charge in [0.15, 0.2) is 0 Å². The van der Waals surface area contributed by atoms with E-state index in [2.05, 4.69) is 0 Å². The lowest BCUT2D eigenvalue weighted by Gasteiger charge is -2.09. The largest absolute Gasteiger partial charge is 0.508 e. The van der Waals surface area contributed by atoms with Crippen molar-refractivity contribution in [3.63, 3.8) is 0 Å². The predicted octanol–water partition coefficient (Wildman–Crippen LogP) is 1.11. The van der Waals surface area contributed by atoms with Crippen LogP contribution >= 0.6 is 0 Å². The SMILES string of the molecule is [B]c1cc(C)c(C)c(C)c1O. The Balaban J connectivity index is 3.46. The fraction of sp³-hybridized carbons (Fsp3) is 0.333. The number of hydrogen-bond donors (Lipinski definition) is 1. The summed E-state index contributed by atoms with van der Waals surface area (Å²) in [5.41, 5.74) is 3.57. The maximum atomic E-state index is 9.39. The molecule has 0 amide bonds. The minimum Gasteiger partial charge on any atom is -0.508 e. The number of phenolic OH excluding ortho intramolecular Hbond substituents is 1. The molecule has 0 saturated heterocycles. The zero-order chi connectivity index (χ0) is 8.59. The molecule has 1 aromatic rings. The lowest BCUT2D eigenvalue weighted by molar-refractivity contribution is 0.475. The number of aryl methyl sites for hydroxylation is 1. The van der Waals surface area contributed by atoms with Gasteiger partial charge in [0.25, 0.3) is 0 Å². The quantitative estimate of drug-likeness (QED) is 0.543. The van der Waals surface area contributed by atoms with Gasteiger partial charge in [0, 0.05) is 0 Å². The summed E-state index contributed by atoms with van der Waals surface area (Å²) in [6, 6.07) is 1.79. The van der Waals surface area contributed by atoms with E-state index in [4.69, 9.17) is 7.85 Å². The Bertz CT molecular complexity index is 266. The first-order valence-corrected chi connectivity index (χ1v) is 3.59. The van der Waals surface area contributed by atoms with Crippen molar-refractivity contribution in [2.45, 2.75) is 20.8 Å². The number of hydrogen-bond acceptors (Lipinski definition) is 1. The van der Waals surface area contributed by atoms with Crippen molar-refractivity contribution in [1.82, 2.24) is 0 Å². The van der Waals surface area contributed by atoms with Gasteiger partial charge in [0.2, 0.25) is 0 Å². The molecule has 0 atom stereocenters. The van der Waals surface area contributed by atoms with E-state index in [1.54, 1.807) is 6.07 Å². The van der Waals surface area contributed by atoms with Crippen LogP contribution in [0.2, 0.25) is 0 Å². The maximum absolute atomic E-state index is 9.39. The lowest BCUT2D eigenvalue weighted by Crippen LogP contribution is -2.06. The van der Waals surface area contributed by atoms with Gasteiger partial charge in [0.1, 0.15) is 13.6 Å². The van der Waals surface area contributed by atoms with Gasteiger partial charge in [-0.3, -0.25) is 0 Å². The van der Waals surface area contributed by atoms with Crippen LogP contribution in [0, 0.1) is 20.8 Å². The van der Waals surface area contributed by atoms with Crippen LogP contribution in [-0.4, -0.2) is 13.0 Å². The lowest BCUT2D eigenvalue weighted by atomic mass is 9.88. The third-order valence-electron chi connectivity index (χ3n) is 2.15. The van der Waals surface area contributed by atoms with Gasteiger partial charge >= 0.3 is 0 Å². The average Bonchev–Trinajstić information content (AvgIpc) is 1.97. The summed E-state index contributed by atoms with van der Waals surface area (Å²) >= 11 is 0. The molecule has 1 aromatic carbocycles. The van der Waals surface area contributed by atoms with E-state index in [9.17, 15) is 5.11 Å². The van der Waals surface area contributed by atoms with E-state index in [0.29, 0.717) is 5.46 Å².